The third kappa shape index (κ3) is 5.26. The number of thiophene rings is 1. The van der Waals surface area contributed by atoms with Gasteiger partial charge in [0.25, 0.3) is 0 Å². The number of halogens is 1. The molecule has 4 aromatic rings. The SMILES string of the molecule is COc1cc2nc(Cl)nc(N[C@H](C)c3cc(-c4ccccc4CN(C)C(=O)O)cs3)c2cc1OC. The van der Waals surface area contributed by atoms with E-state index in [4.69, 9.17) is 21.1 Å². The maximum atomic E-state index is 11.3. The van der Waals surface area contributed by atoms with Crippen molar-refractivity contribution in [3.05, 3.63) is 63.6 Å². The molecule has 2 aromatic carbocycles. The Morgan fingerprint density at radius 3 is 2.60 bits per heavy atom. The second-order valence-corrected chi connectivity index (χ2v) is 9.25. The molecule has 0 aliphatic rings. The third-order valence-corrected chi connectivity index (χ3v) is 6.92. The Morgan fingerprint density at radius 1 is 1.17 bits per heavy atom. The molecule has 2 N–H and O–H groups in total. The lowest BCUT2D eigenvalue weighted by atomic mass is 10.0. The van der Waals surface area contributed by atoms with Gasteiger partial charge in [-0.2, -0.15) is 0 Å². The van der Waals surface area contributed by atoms with E-state index in [9.17, 15) is 9.90 Å². The number of hydrogen-bond donors (Lipinski definition) is 2. The van der Waals surface area contributed by atoms with Crippen molar-refractivity contribution in [3.8, 4) is 22.6 Å². The minimum Gasteiger partial charge on any atom is -0.493 e. The van der Waals surface area contributed by atoms with E-state index in [2.05, 4.69) is 26.7 Å². The average molecular weight is 513 g/mol. The fourth-order valence-electron chi connectivity index (χ4n) is 3.80. The van der Waals surface area contributed by atoms with Crippen LogP contribution in [-0.4, -0.2) is 47.3 Å². The standard InChI is InChI=1S/C25H25ClN4O4S/c1-14(27-23-18-10-20(33-3)21(34-4)11-19(18)28-24(26)29-23)22-9-16(13-35-22)17-8-6-5-7-15(17)12-30(2)25(31)32/h5-11,13-14H,12H2,1-4H3,(H,31,32)(H,27,28,29)/t14-/m1/s1. The fourth-order valence-corrected chi connectivity index (χ4v) is 4.89. The molecule has 2 heterocycles. The van der Waals surface area contributed by atoms with Crippen molar-refractivity contribution >= 4 is 45.8 Å². The second kappa shape index (κ2) is 10.4. The highest BCUT2D eigenvalue weighted by Gasteiger charge is 2.17. The van der Waals surface area contributed by atoms with Crippen molar-refractivity contribution < 1.29 is 19.4 Å². The van der Waals surface area contributed by atoms with E-state index in [1.807, 2.05) is 37.3 Å². The largest absolute Gasteiger partial charge is 0.493 e. The lowest BCUT2D eigenvalue weighted by Crippen LogP contribution is -2.24. The zero-order valence-corrected chi connectivity index (χ0v) is 21.3. The molecule has 4 rings (SSSR count). The molecule has 0 aliphatic carbocycles. The van der Waals surface area contributed by atoms with Gasteiger partial charge in [0.2, 0.25) is 5.28 Å². The van der Waals surface area contributed by atoms with Gasteiger partial charge in [0, 0.05) is 29.9 Å². The summed E-state index contributed by atoms with van der Waals surface area (Å²) in [4.78, 5) is 22.4. The van der Waals surface area contributed by atoms with Gasteiger partial charge in [-0.1, -0.05) is 24.3 Å². The van der Waals surface area contributed by atoms with Crippen LogP contribution in [0.3, 0.4) is 0 Å². The van der Waals surface area contributed by atoms with Crippen LogP contribution < -0.4 is 14.8 Å². The third-order valence-electron chi connectivity index (χ3n) is 5.64. The predicted molar refractivity (Wildman–Crippen MR) is 139 cm³/mol. The highest BCUT2D eigenvalue weighted by Crippen LogP contribution is 2.37. The van der Waals surface area contributed by atoms with Crippen LogP contribution in [0.2, 0.25) is 5.28 Å². The highest BCUT2D eigenvalue weighted by molar-refractivity contribution is 7.10. The van der Waals surface area contributed by atoms with Gasteiger partial charge in [-0.05, 0) is 52.7 Å². The van der Waals surface area contributed by atoms with Crippen LogP contribution in [0.5, 0.6) is 11.5 Å². The molecular formula is C25H25ClN4O4S. The molecule has 0 fully saturated rings. The lowest BCUT2D eigenvalue weighted by molar-refractivity contribution is 0.154. The quantitative estimate of drug-likeness (QED) is 0.267. The number of amides is 1. The molecule has 10 heteroatoms. The molecule has 0 saturated heterocycles. The predicted octanol–water partition coefficient (Wildman–Crippen LogP) is 6.31. The molecule has 2 aromatic heterocycles. The molecule has 182 valence electrons. The van der Waals surface area contributed by atoms with E-state index >= 15 is 0 Å². The van der Waals surface area contributed by atoms with Crippen LogP contribution in [0, 0.1) is 0 Å². The summed E-state index contributed by atoms with van der Waals surface area (Å²) in [6, 6.07) is 13.5. The van der Waals surface area contributed by atoms with Gasteiger partial charge in [-0.15, -0.1) is 11.3 Å². The number of hydrogen-bond acceptors (Lipinski definition) is 7. The van der Waals surface area contributed by atoms with Crippen molar-refractivity contribution in [3.63, 3.8) is 0 Å². The molecule has 1 atom stereocenters. The number of aromatic nitrogens is 2. The van der Waals surface area contributed by atoms with E-state index in [0.717, 1.165) is 27.0 Å². The zero-order valence-electron chi connectivity index (χ0n) is 19.7. The average Bonchev–Trinajstić information content (AvgIpc) is 3.33. The normalized spacial score (nSPS) is 11.8. The number of carbonyl (C=O) groups is 1. The molecule has 35 heavy (non-hydrogen) atoms. The Morgan fingerprint density at radius 2 is 1.89 bits per heavy atom. The Hall–Kier alpha value is -3.56. The number of nitrogens with one attached hydrogen (secondary N) is 1. The summed E-state index contributed by atoms with van der Waals surface area (Å²) < 4.78 is 10.8. The number of anilines is 1. The summed E-state index contributed by atoms with van der Waals surface area (Å²) in [5.74, 6) is 1.72. The minimum absolute atomic E-state index is 0.0788. The summed E-state index contributed by atoms with van der Waals surface area (Å²) in [5.41, 5.74) is 3.62. The maximum Gasteiger partial charge on any atom is 0.407 e. The number of carboxylic acid groups (broad SMARTS) is 1. The van der Waals surface area contributed by atoms with E-state index in [-0.39, 0.29) is 11.3 Å². The van der Waals surface area contributed by atoms with Gasteiger partial charge in [0.1, 0.15) is 5.82 Å². The minimum atomic E-state index is -0.964. The molecular weight excluding hydrogens is 488 g/mol. The monoisotopic (exact) mass is 512 g/mol. The molecule has 0 spiro atoms. The Labute approximate surface area is 212 Å². The van der Waals surface area contributed by atoms with E-state index in [1.165, 1.54) is 4.90 Å². The molecule has 0 bridgehead atoms. The first-order valence-electron chi connectivity index (χ1n) is 10.8. The van der Waals surface area contributed by atoms with Crippen LogP contribution in [0.25, 0.3) is 22.0 Å². The first kappa shape index (κ1) is 24.6. The Bertz CT molecular complexity index is 1380. The molecule has 0 aliphatic heterocycles. The van der Waals surface area contributed by atoms with Crippen LogP contribution in [0.15, 0.2) is 47.8 Å². The molecule has 0 unspecified atom stereocenters. The topological polar surface area (TPSA) is 96.8 Å². The van der Waals surface area contributed by atoms with Crippen molar-refractivity contribution in [1.82, 2.24) is 14.9 Å². The molecule has 1 amide bonds. The molecule has 0 saturated carbocycles. The summed E-state index contributed by atoms with van der Waals surface area (Å²) in [5, 5.41) is 15.7. The van der Waals surface area contributed by atoms with Gasteiger partial charge in [0.15, 0.2) is 11.5 Å². The first-order valence-corrected chi connectivity index (χ1v) is 12.0. The van der Waals surface area contributed by atoms with Gasteiger partial charge in [0.05, 0.1) is 25.8 Å². The second-order valence-electron chi connectivity index (χ2n) is 7.97. The number of rotatable bonds is 8. The first-order chi connectivity index (χ1) is 16.8. The van der Waals surface area contributed by atoms with Crippen molar-refractivity contribution in [2.75, 3.05) is 26.6 Å². The Kier molecular flexibility index (Phi) is 7.28. The summed E-state index contributed by atoms with van der Waals surface area (Å²) in [6.45, 7) is 2.35. The fraction of sp³-hybridized carbons (Fsp3) is 0.240. The number of methoxy groups -OCH3 is 2. The zero-order chi connectivity index (χ0) is 25.1. The van der Waals surface area contributed by atoms with Crippen molar-refractivity contribution in [1.29, 1.82) is 0 Å². The van der Waals surface area contributed by atoms with Gasteiger partial charge >= 0.3 is 6.09 Å². The van der Waals surface area contributed by atoms with Gasteiger partial charge in [-0.25, -0.2) is 14.8 Å². The Balaban J connectivity index is 1.63. The molecule has 0 radical (unpaired) electrons. The molecule has 8 nitrogen and oxygen atoms in total. The maximum absolute atomic E-state index is 11.3. The number of benzene rings is 2. The van der Waals surface area contributed by atoms with Gasteiger partial charge < -0.3 is 24.8 Å². The smallest absolute Gasteiger partial charge is 0.407 e. The summed E-state index contributed by atoms with van der Waals surface area (Å²) in [7, 11) is 4.71. The highest BCUT2D eigenvalue weighted by atomic mass is 35.5. The van der Waals surface area contributed by atoms with Crippen molar-refractivity contribution in [2.45, 2.75) is 19.5 Å². The number of fused-ring (bicyclic) bond motifs is 1. The van der Waals surface area contributed by atoms with Crippen LogP contribution in [0.4, 0.5) is 10.6 Å². The van der Waals surface area contributed by atoms with E-state index < -0.39 is 6.09 Å². The van der Waals surface area contributed by atoms with Crippen LogP contribution in [-0.2, 0) is 6.54 Å². The van der Waals surface area contributed by atoms with E-state index in [0.29, 0.717) is 29.4 Å². The van der Waals surface area contributed by atoms with Crippen molar-refractivity contribution in [2.24, 2.45) is 0 Å². The van der Waals surface area contributed by atoms with Crippen LogP contribution in [0.1, 0.15) is 23.4 Å². The lowest BCUT2D eigenvalue weighted by Gasteiger charge is -2.17. The summed E-state index contributed by atoms with van der Waals surface area (Å²) in [6.07, 6.45) is -0.964. The van der Waals surface area contributed by atoms with Gasteiger partial charge in [-0.3, -0.25) is 0 Å². The summed E-state index contributed by atoms with van der Waals surface area (Å²) >= 11 is 7.83. The number of nitrogens with zero attached hydrogens (tertiary/aromatic N) is 3. The van der Waals surface area contributed by atoms with E-state index in [1.54, 1.807) is 38.7 Å². The number of ether oxygens (including phenoxy) is 2. The van der Waals surface area contributed by atoms with Crippen LogP contribution >= 0.6 is 22.9 Å².